The Labute approximate surface area is 221 Å². The molecule has 4 aromatic rings. The van der Waals surface area contributed by atoms with Crippen molar-refractivity contribution >= 4 is 22.4 Å². The lowest BCUT2D eigenvalue weighted by Gasteiger charge is -2.23. The van der Waals surface area contributed by atoms with Gasteiger partial charge in [0.05, 0.1) is 11.3 Å². The summed E-state index contributed by atoms with van der Waals surface area (Å²) >= 11 is 0. The number of halogens is 2. The van der Waals surface area contributed by atoms with Gasteiger partial charge in [-0.3, -0.25) is 0 Å². The van der Waals surface area contributed by atoms with E-state index in [4.69, 9.17) is 9.72 Å². The van der Waals surface area contributed by atoms with Crippen LogP contribution in [0.25, 0.3) is 22.0 Å². The molecule has 0 spiro atoms. The number of aryl methyl sites for hydroxylation is 1. The quantitative estimate of drug-likeness (QED) is 0.241. The van der Waals surface area contributed by atoms with Crippen LogP contribution in [0.3, 0.4) is 0 Å². The van der Waals surface area contributed by atoms with Gasteiger partial charge >= 0.3 is 0 Å². The minimum atomic E-state index is -2.38. The summed E-state index contributed by atoms with van der Waals surface area (Å²) in [5.74, 6) is 0.899. The standard InChI is InChI=1S/C29H32F2N6O/c1-18-10-11-21-22(7-3-9-24(21)35-16-19(2)27(30)31)26(18)38-28-23(8-5-14-33-28)25-12-15-34-29(37-25)36-20-6-4-13-32-17-20/h3,5,7-12,14-15,19-20,27,32,35H,4,6,13,16-17H2,1-2H3,(H,34,36,37)/t19-,20+/m1/s1. The third kappa shape index (κ3) is 5.83. The summed E-state index contributed by atoms with van der Waals surface area (Å²) in [6.07, 6.45) is 3.23. The fourth-order valence-corrected chi connectivity index (χ4v) is 4.59. The number of nitrogens with one attached hydrogen (secondary N) is 3. The van der Waals surface area contributed by atoms with Crippen molar-refractivity contribution in [3.05, 3.63) is 66.5 Å². The molecule has 0 radical (unpaired) electrons. The Morgan fingerprint density at radius 2 is 1.95 bits per heavy atom. The first kappa shape index (κ1) is 25.8. The molecular formula is C29H32F2N6O. The van der Waals surface area contributed by atoms with E-state index < -0.39 is 12.3 Å². The summed E-state index contributed by atoms with van der Waals surface area (Å²) in [5, 5.41) is 11.8. The van der Waals surface area contributed by atoms with Gasteiger partial charge in [-0.15, -0.1) is 0 Å². The molecule has 3 heterocycles. The van der Waals surface area contributed by atoms with Gasteiger partial charge in [0.25, 0.3) is 0 Å². The Balaban J connectivity index is 1.45. The lowest BCUT2D eigenvalue weighted by molar-refractivity contribution is 0.0926. The van der Waals surface area contributed by atoms with Gasteiger partial charge < -0.3 is 20.7 Å². The molecule has 0 bridgehead atoms. The monoisotopic (exact) mass is 518 g/mol. The van der Waals surface area contributed by atoms with Crippen LogP contribution >= 0.6 is 0 Å². The van der Waals surface area contributed by atoms with E-state index in [0.717, 1.165) is 53.5 Å². The van der Waals surface area contributed by atoms with Gasteiger partial charge in [0.1, 0.15) is 5.75 Å². The molecule has 0 saturated carbocycles. The molecule has 1 fully saturated rings. The van der Waals surface area contributed by atoms with E-state index in [2.05, 4.69) is 25.9 Å². The third-order valence-corrected chi connectivity index (χ3v) is 6.79. The number of hydrogen-bond donors (Lipinski definition) is 3. The van der Waals surface area contributed by atoms with Crippen LogP contribution in [-0.4, -0.2) is 47.1 Å². The Kier molecular flexibility index (Phi) is 7.93. The zero-order valence-electron chi connectivity index (χ0n) is 21.5. The van der Waals surface area contributed by atoms with E-state index in [1.165, 1.54) is 6.92 Å². The molecule has 2 aromatic heterocycles. The van der Waals surface area contributed by atoms with E-state index in [-0.39, 0.29) is 12.6 Å². The van der Waals surface area contributed by atoms with Crippen molar-refractivity contribution in [3.8, 4) is 22.9 Å². The normalized spacial score (nSPS) is 16.4. The zero-order valence-corrected chi connectivity index (χ0v) is 21.5. The molecule has 5 rings (SSSR count). The van der Waals surface area contributed by atoms with Crippen LogP contribution in [0.1, 0.15) is 25.3 Å². The van der Waals surface area contributed by atoms with Crippen molar-refractivity contribution in [2.45, 2.75) is 39.2 Å². The van der Waals surface area contributed by atoms with Crippen LogP contribution in [0.4, 0.5) is 20.4 Å². The highest BCUT2D eigenvalue weighted by atomic mass is 19.3. The Bertz CT molecular complexity index is 1390. The number of anilines is 2. The summed E-state index contributed by atoms with van der Waals surface area (Å²) in [7, 11) is 0. The van der Waals surface area contributed by atoms with Gasteiger partial charge in [-0.05, 0) is 56.1 Å². The maximum atomic E-state index is 13.0. The number of hydrogen-bond acceptors (Lipinski definition) is 7. The van der Waals surface area contributed by atoms with Crippen LogP contribution in [0.2, 0.25) is 0 Å². The second kappa shape index (κ2) is 11.7. The number of benzene rings is 2. The number of rotatable bonds is 9. The highest BCUT2D eigenvalue weighted by Crippen LogP contribution is 2.38. The first-order chi connectivity index (χ1) is 18.5. The Morgan fingerprint density at radius 1 is 1.05 bits per heavy atom. The molecule has 2 atom stereocenters. The number of pyridine rings is 1. The van der Waals surface area contributed by atoms with Crippen molar-refractivity contribution in [2.75, 3.05) is 30.3 Å². The van der Waals surface area contributed by atoms with E-state index in [1.807, 2.05) is 55.5 Å². The highest BCUT2D eigenvalue weighted by molar-refractivity contribution is 5.98. The number of fused-ring (bicyclic) bond motifs is 1. The average molecular weight is 519 g/mol. The van der Waals surface area contributed by atoms with Gasteiger partial charge in [0.2, 0.25) is 18.3 Å². The summed E-state index contributed by atoms with van der Waals surface area (Å²) in [6, 6.07) is 15.6. The predicted octanol–water partition coefficient (Wildman–Crippen LogP) is 6.27. The summed E-state index contributed by atoms with van der Waals surface area (Å²) in [4.78, 5) is 13.7. The third-order valence-electron chi connectivity index (χ3n) is 6.79. The summed E-state index contributed by atoms with van der Waals surface area (Å²) < 4.78 is 32.6. The molecule has 9 heteroatoms. The minimum Gasteiger partial charge on any atom is -0.437 e. The molecule has 7 nitrogen and oxygen atoms in total. The van der Waals surface area contributed by atoms with E-state index >= 15 is 0 Å². The smallest absolute Gasteiger partial charge is 0.242 e. The maximum Gasteiger partial charge on any atom is 0.242 e. The number of nitrogens with zero attached hydrogens (tertiary/aromatic N) is 3. The van der Waals surface area contributed by atoms with Crippen LogP contribution < -0.4 is 20.7 Å². The molecule has 1 aliphatic heterocycles. The maximum absolute atomic E-state index is 13.0. The van der Waals surface area contributed by atoms with E-state index in [1.54, 1.807) is 12.4 Å². The zero-order chi connectivity index (χ0) is 26.5. The fourth-order valence-electron chi connectivity index (χ4n) is 4.59. The fraction of sp³-hybridized carbons (Fsp3) is 0.345. The molecule has 38 heavy (non-hydrogen) atoms. The van der Waals surface area contributed by atoms with Crippen LogP contribution in [0.15, 0.2) is 60.9 Å². The molecule has 0 aliphatic carbocycles. The SMILES string of the molecule is Cc1ccc2c(NC[C@@H](C)C(F)F)cccc2c1Oc1ncccc1-c1ccnc(N[C@H]2CCCNC2)n1. The van der Waals surface area contributed by atoms with E-state index in [0.29, 0.717) is 23.3 Å². The molecule has 0 amide bonds. The molecule has 198 valence electrons. The van der Waals surface area contributed by atoms with Crippen molar-refractivity contribution in [2.24, 2.45) is 5.92 Å². The number of piperidine rings is 1. The molecule has 1 aliphatic rings. The highest BCUT2D eigenvalue weighted by Gasteiger charge is 2.18. The van der Waals surface area contributed by atoms with Gasteiger partial charge in [-0.2, -0.15) is 0 Å². The van der Waals surface area contributed by atoms with Gasteiger partial charge in [0.15, 0.2) is 0 Å². The molecular weight excluding hydrogens is 486 g/mol. The lowest BCUT2D eigenvalue weighted by atomic mass is 10.0. The lowest BCUT2D eigenvalue weighted by Crippen LogP contribution is -2.38. The van der Waals surface area contributed by atoms with Crippen molar-refractivity contribution in [1.29, 1.82) is 0 Å². The van der Waals surface area contributed by atoms with Crippen LogP contribution in [-0.2, 0) is 0 Å². The topological polar surface area (TPSA) is 84.0 Å². The molecule has 0 unspecified atom stereocenters. The molecule has 1 saturated heterocycles. The van der Waals surface area contributed by atoms with Crippen LogP contribution in [0.5, 0.6) is 11.6 Å². The molecule has 3 N–H and O–H groups in total. The average Bonchev–Trinajstić information content (AvgIpc) is 2.94. The van der Waals surface area contributed by atoms with Crippen molar-refractivity contribution < 1.29 is 13.5 Å². The Hall–Kier alpha value is -3.85. The van der Waals surface area contributed by atoms with Crippen LogP contribution in [0, 0.1) is 12.8 Å². The second-order valence-electron chi connectivity index (χ2n) is 9.72. The predicted molar refractivity (Wildman–Crippen MR) is 147 cm³/mol. The van der Waals surface area contributed by atoms with E-state index in [9.17, 15) is 8.78 Å². The largest absolute Gasteiger partial charge is 0.437 e. The first-order valence-corrected chi connectivity index (χ1v) is 13.0. The summed E-state index contributed by atoms with van der Waals surface area (Å²) in [6.45, 7) is 5.60. The van der Waals surface area contributed by atoms with Gasteiger partial charge in [-0.1, -0.05) is 31.2 Å². The Morgan fingerprint density at radius 3 is 2.76 bits per heavy atom. The second-order valence-corrected chi connectivity index (χ2v) is 9.72. The molecule has 2 aromatic carbocycles. The first-order valence-electron chi connectivity index (χ1n) is 13.0. The summed E-state index contributed by atoms with van der Waals surface area (Å²) in [5.41, 5.74) is 3.17. The number of alkyl halides is 2. The minimum absolute atomic E-state index is 0.173. The van der Waals surface area contributed by atoms with Gasteiger partial charge in [-0.25, -0.2) is 23.7 Å². The van der Waals surface area contributed by atoms with Crippen molar-refractivity contribution in [3.63, 3.8) is 0 Å². The number of ether oxygens (including phenoxy) is 1. The van der Waals surface area contributed by atoms with Gasteiger partial charge in [0, 0.05) is 53.9 Å². The van der Waals surface area contributed by atoms with Crippen molar-refractivity contribution in [1.82, 2.24) is 20.3 Å². The number of aromatic nitrogens is 3.